The van der Waals surface area contributed by atoms with Crippen molar-refractivity contribution in [2.75, 3.05) is 13.1 Å². The van der Waals surface area contributed by atoms with Gasteiger partial charge in [0.05, 0.1) is 5.56 Å². The van der Waals surface area contributed by atoms with Crippen molar-refractivity contribution in [1.29, 1.82) is 0 Å². The fraction of sp³-hybridized carbons (Fsp3) is 0.233. The molecule has 2 heterocycles. The molecule has 4 aromatic rings. The standard InChI is InChI=1S/C30H27NO7/c32-22-16-23(33)28-24(34)17-25(19-7-3-1-4-8-19)38-29(28)27(22)21(15-26(35)31-13-5-2-6-14-31)18-9-11-20(12-10-18)30(36)37/h1,3-4,7-12,16-17,21,32-33H,2,5-6,13-15H2,(H,36,37). The zero-order valence-electron chi connectivity index (χ0n) is 20.6. The van der Waals surface area contributed by atoms with Crippen molar-refractivity contribution < 1.29 is 29.3 Å². The van der Waals surface area contributed by atoms with E-state index in [1.807, 2.05) is 6.07 Å². The van der Waals surface area contributed by atoms with E-state index in [-0.39, 0.29) is 45.9 Å². The third kappa shape index (κ3) is 4.85. The summed E-state index contributed by atoms with van der Waals surface area (Å²) in [6.45, 7) is 1.28. The maximum atomic E-state index is 13.4. The van der Waals surface area contributed by atoms with Crippen LogP contribution in [0.1, 0.15) is 53.1 Å². The van der Waals surface area contributed by atoms with Gasteiger partial charge in [0.1, 0.15) is 28.2 Å². The molecule has 0 radical (unpaired) electrons. The van der Waals surface area contributed by atoms with E-state index in [1.54, 1.807) is 41.3 Å². The van der Waals surface area contributed by atoms with Gasteiger partial charge >= 0.3 is 5.97 Å². The van der Waals surface area contributed by atoms with Crippen LogP contribution >= 0.6 is 0 Å². The first-order valence-corrected chi connectivity index (χ1v) is 12.5. The van der Waals surface area contributed by atoms with Crippen LogP contribution in [0, 0.1) is 0 Å². The Kier molecular flexibility index (Phi) is 6.87. The Morgan fingerprint density at radius 3 is 2.24 bits per heavy atom. The lowest BCUT2D eigenvalue weighted by atomic mass is 9.85. The molecule has 8 heteroatoms. The van der Waals surface area contributed by atoms with Crippen LogP contribution in [-0.4, -0.2) is 45.2 Å². The fourth-order valence-corrected chi connectivity index (χ4v) is 5.09. The Morgan fingerprint density at radius 1 is 0.895 bits per heavy atom. The number of carboxylic acid groups (broad SMARTS) is 1. The van der Waals surface area contributed by atoms with E-state index in [4.69, 9.17) is 4.42 Å². The minimum absolute atomic E-state index is 0.0207. The number of hydrogen-bond acceptors (Lipinski definition) is 6. The maximum Gasteiger partial charge on any atom is 0.335 e. The van der Waals surface area contributed by atoms with Gasteiger partial charge in [-0.1, -0.05) is 42.5 Å². The van der Waals surface area contributed by atoms with Crippen LogP contribution in [0.15, 0.2) is 75.9 Å². The van der Waals surface area contributed by atoms with Crippen LogP contribution in [0.5, 0.6) is 11.5 Å². The number of piperidine rings is 1. The second-order valence-corrected chi connectivity index (χ2v) is 9.50. The van der Waals surface area contributed by atoms with Crippen molar-refractivity contribution in [2.45, 2.75) is 31.6 Å². The van der Waals surface area contributed by atoms with Crippen molar-refractivity contribution in [3.05, 3.63) is 93.6 Å². The van der Waals surface area contributed by atoms with Crippen LogP contribution in [0.2, 0.25) is 0 Å². The molecule has 3 aromatic carbocycles. The highest BCUT2D eigenvalue weighted by molar-refractivity contribution is 5.91. The van der Waals surface area contributed by atoms with E-state index in [0.717, 1.165) is 25.3 Å². The Morgan fingerprint density at radius 2 is 1.58 bits per heavy atom. The van der Waals surface area contributed by atoms with Crippen LogP contribution in [0.3, 0.4) is 0 Å². The van der Waals surface area contributed by atoms with Crippen molar-refractivity contribution in [3.63, 3.8) is 0 Å². The molecule has 1 aliphatic rings. The number of aromatic carboxylic acids is 1. The number of carboxylic acids is 1. The topological polar surface area (TPSA) is 128 Å². The summed E-state index contributed by atoms with van der Waals surface area (Å²) in [7, 11) is 0. The van der Waals surface area contributed by atoms with E-state index in [9.17, 15) is 29.7 Å². The highest BCUT2D eigenvalue weighted by Crippen LogP contribution is 2.43. The van der Waals surface area contributed by atoms with E-state index in [0.29, 0.717) is 24.2 Å². The molecule has 1 saturated heterocycles. The Bertz CT molecular complexity index is 1550. The molecule has 0 saturated carbocycles. The van der Waals surface area contributed by atoms with Crippen LogP contribution in [0.25, 0.3) is 22.3 Å². The minimum atomic E-state index is -1.09. The first-order valence-electron chi connectivity index (χ1n) is 12.5. The summed E-state index contributed by atoms with van der Waals surface area (Å²) in [4.78, 5) is 39.8. The molecule has 3 N–H and O–H groups in total. The van der Waals surface area contributed by atoms with Crippen LogP contribution in [-0.2, 0) is 4.79 Å². The van der Waals surface area contributed by atoms with E-state index >= 15 is 0 Å². The quantitative estimate of drug-likeness (QED) is 0.327. The molecular weight excluding hydrogens is 486 g/mol. The summed E-state index contributed by atoms with van der Waals surface area (Å²) in [5, 5.41) is 30.9. The van der Waals surface area contributed by atoms with Crippen LogP contribution < -0.4 is 5.43 Å². The van der Waals surface area contributed by atoms with Gasteiger partial charge in [-0.3, -0.25) is 9.59 Å². The molecule has 0 aliphatic carbocycles. The fourth-order valence-electron chi connectivity index (χ4n) is 5.09. The zero-order valence-corrected chi connectivity index (χ0v) is 20.6. The first kappa shape index (κ1) is 25.1. The van der Waals surface area contributed by atoms with Gasteiger partial charge in [0.25, 0.3) is 0 Å². The second-order valence-electron chi connectivity index (χ2n) is 9.50. The number of fused-ring (bicyclic) bond motifs is 1. The maximum absolute atomic E-state index is 13.4. The van der Waals surface area contributed by atoms with Gasteiger partial charge in [-0.05, 0) is 37.0 Å². The minimum Gasteiger partial charge on any atom is -0.507 e. The number of carbonyl (C=O) groups excluding carboxylic acids is 1. The number of rotatable bonds is 6. The predicted molar refractivity (Wildman–Crippen MR) is 142 cm³/mol. The SMILES string of the molecule is O=C(O)c1ccc(C(CC(=O)N2CCCCC2)c2c(O)cc(O)c3c(=O)cc(-c4ccccc4)oc23)cc1. The lowest BCUT2D eigenvalue weighted by Gasteiger charge is -2.29. The number of likely N-dealkylation sites (tertiary alicyclic amines) is 1. The average Bonchev–Trinajstić information content (AvgIpc) is 2.93. The lowest BCUT2D eigenvalue weighted by Crippen LogP contribution is -2.36. The van der Waals surface area contributed by atoms with Crippen molar-refractivity contribution in [1.82, 2.24) is 4.90 Å². The normalized spacial score (nSPS) is 14.4. The largest absolute Gasteiger partial charge is 0.507 e. The molecule has 1 amide bonds. The molecule has 0 bridgehead atoms. The highest BCUT2D eigenvalue weighted by Gasteiger charge is 2.30. The average molecular weight is 514 g/mol. The number of phenolic OH excluding ortho intramolecular Hbond substituents is 2. The number of benzene rings is 3. The van der Waals surface area contributed by atoms with Gasteiger partial charge in [-0.15, -0.1) is 0 Å². The zero-order chi connectivity index (χ0) is 26.8. The Hall–Kier alpha value is -4.59. The molecule has 0 spiro atoms. The van der Waals surface area contributed by atoms with E-state index in [2.05, 4.69) is 0 Å². The summed E-state index contributed by atoms with van der Waals surface area (Å²) >= 11 is 0. The lowest BCUT2D eigenvalue weighted by molar-refractivity contribution is -0.132. The monoisotopic (exact) mass is 513 g/mol. The van der Waals surface area contributed by atoms with Gasteiger partial charge in [0, 0.05) is 48.7 Å². The first-order chi connectivity index (χ1) is 18.3. The van der Waals surface area contributed by atoms with Crippen molar-refractivity contribution in [3.8, 4) is 22.8 Å². The molecule has 1 aliphatic heterocycles. The molecular formula is C30H27NO7. The number of nitrogens with zero attached hydrogens (tertiary/aromatic N) is 1. The molecule has 38 heavy (non-hydrogen) atoms. The van der Waals surface area contributed by atoms with Crippen molar-refractivity contribution in [2.24, 2.45) is 0 Å². The molecule has 1 unspecified atom stereocenters. The molecule has 1 fully saturated rings. The van der Waals surface area contributed by atoms with E-state index < -0.39 is 23.1 Å². The summed E-state index contributed by atoms with van der Waals surface area (Å²) in [6, 6.07) is 17.4. The summed E-state index contributed by atoms with van der Waals surface area (Å²) in [5.41, 5.74) is 0.940. The van der Waals surface area contributed by atoms with Gasteiger partial charge in [-0.25, -0.2) is 4.79 Å². The molecule has 8 nitrogen and oxygen atoms in total. The van der Waals surface area contributed by atoms with Gasteiger partial charge in [-0.2, -0.15) is 0 Å². The number of aromatic hydroxyl groups is 2. The number of hydrogen-bond donors (Lipinski definition) is 3. The molecule has 1 aromatic heterocycles. The van der Waals surface area contributed by atoms with Gasteiger partial charge in [0.15, 0.2) is 5.43 Å². The van der Waals surface area contributed by atoms with Gasteiger partial charge in [0.2, 0.25) is 5.91 Å². The smallest absolute Gasteiger partial charge is 0.335 e. The highest BCUT2D eigenvalue weighted by atomic mass is 16.4. The van der Waals surface area contributed by atoms with Crippen molar-refractivity contribution >= 4 is 22.8 Å². The molecule has 5 rings (SSSR count). The summed E-state index contributed by atoms with van der Waals surface area (Å²) < 4.78 is 6.17. The molecule has 194 valence electrons. The Labute approximate surface area is 218 Å². The predicted octanol–water partition coefficient (Wildman–Crippen LogP) is 5.10. The number of amides is 1. The van der Waals surface area contributed by atoms with Crippen LogP contribution in [0.4, 0.5) is 0 Å². The van der Waals surface area contributed by atoms with E-state index in [1.165, 1.54) is 18.2 Å². The Balaban J connectivity index is 1.71. The summed E-state index contributed by atoms with van der Waals surface area (Å²) in [6.07, 6.45) is 2.83. The second kappa shape index (κ2) is 10.4. The third-order valence-corrected chi connectivity index (χ3v) is 7.05. The third-order valence-electron chi connectivity index (χ3n) is 7.05. The number of phenols is 2. The summed E-state index contributed by atoms with van der Waals surface area (Å²) in [5.74, 6) is -2.51. The number of carbonyl (C=O) groups is 2. The molecule has 1 atom stereocenters. The van der Waals surface area contributed by atoms with Gasteiger partial charge < -0.3 is 24.6 Å².